The predicted molar refractivity (Wildman–Crippen MR) is 164 cm³/mol. The zero-order valence-electron chi connectivity index (χ0n) is 25.0. The zero-order valence-corrected chi connectivity index (χ0v) is 27.4. The summed E-state index contributed by atoms with van der Waals surface area (Å²) in [6, 6.07) is 21.1. The number of hydrogen-bond acceptors (Lipinski definition) is 5. The van der Waals surface area contributed by atoms with E-state index in [1.54, 1.807) is 52.7 Å². The van der Waals surface area contributed by atoms with Gasteiger partial charge in [0.1, 0.15) is 0 Å². The van der Waals surface area contributed by atoms with Crippen molar-refractivity contribution < 1.29 is 45.3 Å². The molecule has 43 heavy (non-hydrogen) atoms. The summed E-state index contributed by atoms with van der Waals surface area (Å²) in [7, 11) is 6.51. The molecule has 5 aromatic rings. The summed E-state index contributed by atoms with van der Waals surface area (Å²) in [5.41, 5.74) is 5.69. The van der Waals surface area contributed by atoms with E-state index in [4.69, 9.17) is 30.5 Å². The number of fused-ring (bicyclic) bond motifs is 1. The summed E-state index contributed by atoms with van der Waals surface area (Å²) in [5.74, 6) is 2.48. The summed E-state index contributed by atoms with van der Waals surface area (Å²) in [4.78, 5) is 13.5. The number of methoxy groups -OCH3 is 4. The first kappa shape index (κ1) is 31.9. The normalized spacial score (nSPS) is 10.8. The van der Waals surface area contributed by atoms with Gasteiger partial charge in [-0.3, -0.25) is 4.79 Å². The minimum absolute atomic E-state index is 0. The largest absolute Gasteiger partial charge is 1.00 e. The molecule has 5 rings (SSSR count). The molecule has 0 atom stereocenters. The average Bonchev–Trinajstić information content (AvgIpc) is 3.34. The summed E-state index contributed by atoms with van der Waals surface area (Å²) in [6.45, 7) is 4.30. The maximum atomic E-state index is 13.5. The maximum Gasteiger partial charge on any atom is 0.227 e. The summed E-state index contributed by atoms with van der Waals surface area (Å²) >= 11 is 6.08. The van der Waals surface area contributed by atoms with E-state index in [1.807, 2.05) is 41.1 Å². The molecule has 0 unspecified atom stereocenters. The molecule has 0 saturated carbocycles. The second kappa shape index (κ2) is 13.5. The molecule has 0 aliphatic rings. The molecule has 224 valence electrons. The SMILES string of the molecule is COc1cc(Cc2c3cc(OC)c(OC)cc3cc[n+]2CC(=O)c2ccc(Cl)cc2)c(-n2c(C)ccc2C)cc1OC.[Br-]. The Morgan fingerprint density at radius 3 is 1.93 bits per heavy atom. The number of rotatable bonds is 10. The maximum absolute atomic E-state index is 13.5. The Hall–Kier alpha value is -4.01. The van der Waals surface area contributed by atoms with E-state index in [9.17, 15) is 4.79 Å². The second-order valence-corrected chi connectivity index (χ2v) is 10.5. The van der Waals surface area contributed by atoms with Crippen molar-refractivity contribution in [3.8, 4) is 28.7 Å². The highest BCUT2D eigenvalue weighted by atomic mass is 79.9. The van der Waals surface area contributed by atoms with Crippen molar-refractivity contribution in [3.05, 3.63) is 106 Å². The Kier molecular flexibility index (Phi) is 10.0. The van der Waals surface area contributed by atoms with Gasteiger partial charge in [-0.05, 0) is 79.4 Å². The molecule has 0 N–H and O–H groups in total. The third kappa shape index (κ3) is 6.36. The molecule has 9 heteroatoms. The third-order valence-electron chi connectivity index (χ3n) is 7.58. The number of halogens is 2. The number of Topliss-reactive ketones (excluding diaryl/α,β-unsaturated/α-hetero) is 1. The number of benzene rings is 3. The van der Waals surface area contributed by atoms with Crippen molar-refractivity contribution in [1.29, 1.82) is 0 Å². The van der Waals surface area contributed by atoms with Gasteiger partial charge >= 0.3 is 0 Å². The van der Waals surface area contributed by atoms with E-state index in [-0.39, 0.29) is 29.3 Å². The van der Waals surface area contributed by atoms with E-state index in [1.165, 1.54) is 0 Å². The number of carbonyl (C=O) groups is 1. The van der Waals surface area contributed by atoms with E-state index >= 15 is 0 Å². The number of aryl methyl sites for hydroxylation is 2. The Balaban J connectivity index is 0.00000423. The summed E-state index contributed by atoms with van der Waals surface area (Å²) in [5, 5.41) is 2.50. The van der Waals surface area contributed by atoms with Crippen LogP contribution in [-0.4, -0.2) is 38.8 Å². The lowest BCUT2D eigenvalue weighted by molar-refractivity contribution is -0.688. The van der Waals surface area contributed by atoms with Gasteiger partial charge in [-0.25, -0.2) is 0 Å². The Bertz CT molecular complexity index is 1760. The minimum Gasteiger partial charge on any atom is -1.00 e. The number of nitrogens with zero attached hydrogens (tertiary/aromatic N) is 2. The highest BCUT2D eigenvalue weighted by molar-refractivity contribution is 6.30. The molecule has 0 aliphatic carbocycles. The number of ketones is 1. The molecule has 2 heterocycles. The van der Waals surface area contributed by atoms with Crippen LogP contribution < -0.4 is 40.5 Å². The number of pyridine rings is 1. The second-order valence-electron chi connectivity index (χ2n) is 10.1. The van der Waals surface area contributed by atoms with Crippen LogP contribution in [0.5, 0.6) is 23.0 Å². The first-order valence-electron chi connectivity index (χ1n) is 13.5. The highest BCUT2D eigenvalue weighted by Crippen LogP contribution is 2.37. The molecule has 0 bridgehead atoms. The van der Waals surface area contributed by atoms with Crippen LogP contribution in [0.1, 0.15) is 33.0 Å². The lowest BCUT2D eigenvalue weighted by Crippen LogP contribution is -3.00. The van der Waals surface area contributed by atoms with E-state index in [0.29, 0.717) is 40.0 Å². The number of aromatic nitrogens is 2. The molecule has 0 spiro atoms. The topological polar surface area (TPSA) is 62.8 Å². The lowest BCUT2D eigenvalue weighted by atomic mass is 9.99. The van der Waals surface area contributed by atoms with Gasteiger partial charge in [0.05, 0.1) is 45.9 Å². The lowest BCUT2D eigenvalue weighted by Gasteiger charge is -2.19. The zero-order chi connectivity index (χ0) is 30.0. The van der Waals surface area contributed by atoms with Gasteiger partial charge in [-0.15, -0.1) is 0 Å². The van der Waals surface area contributed by atoms with Crippen LogP contribution in [0.3, 0.4) is 0 Å². The van der Waals surface area contributed by atoms with Crippen molar-refractivity contribution in [2.24, 2.45) is 0 Å². The van der Waals surface area contributed by atoms with Gasteiger partial charge in [0.2, 0.25) is 12.3 Å². The Morgan fingerprint density at radius 1 is 0.767 bits per heavy atom. The molecule has 7 nitrogen and oxygen atoms in total. The van der Waals surface area contributed by atoms with Crippen LogP contribution in [0.25, 0.3) is 16.5 Å². The van der Waals surface area contributed by atoms with Crippen LogP contribution in [-0.2, 0) is 13.0 Å². The summed E-state index contributed by atoms with van der Waals surface area (Å²) in [6.07, 6.45) is 2.44. The van der Waals surface area contributed by atoms with Crippen molar-refractivity contribution in [3.63, 3.8) is 0 Å². The van der Waals surface area contributed by atoms with Gasteiger partial charge < -0.3 is 40.5 Å². The molecular weight excluding hydrogens is 632 g/mol. The van der Waals surface area contributed by atoms with Crippen LogP contribution in [0.4, 0.5) is 0 Å². The fourth-order valence-electron chi connectivity index (χ4n) is 5.41. The van der Waals surface area contributed by atoms with Crippen molar-refractivity contribution in [2.75, 3.05) is 28.4 Å². The van der Waals surface area contributed by atoms with Crippen molar-refractivity contribution in [2.45, 2.75) is 26.8 Å². The van der Waals surface area contributed by atoms with Crippen LogP contribution in [0, 0.1) is 13.8 Å². The van der Waals surface area contributed by atoms with Gasteiger partial charge in [0, 0.05) is 34.1 Å². The molecule has 3 aromatic carbocycles. The van der Waals surface area contributed by atoms with Gasteiger partial charge in [0.15, 0.2) is 34.9 Å². The van der Waals surface area contributed by atoms with E-state index < -0.39 is 0 Å². The molecule has 0 saturated heterocycles. The van der Waals surface area contributed by atoms with Gasteiger partial charge in [-0.1, -0.05) is 11.6 Å². The average molecular weight is 666 g/mol. The highest BCUT2D eigenvalue weighted by Gasteiger charge is 2.25. The Morgan fingerprint density at radius 2 is 1.33 bits per heavy atom. The minimum atomic E-state index is -0.0256. The Labute approximate surface area is 267 Å². The molecule has 0 aliphatic heterocycles. The van der Waals surface area contributed by atoms with E-state index in [0.717, 1.165) is 39.1 Å². The van der Waals surface area contributed by atoms with Crippen molar-refractivity contribution in [1.82, 2.24) is 4.57 Å². The van der Waals surface area contributed by atoms with Gasteiger partial charge in [0.25, 0.3) is 0 Å². The molecule has 0 radical (unpaired) electrons. The number of hydrogen-bond donors (Lipinski definition) is 0. The van der Waals surface area contributed by atoms with Gasteiger partial charge in [-0.2, -0.15) is 4.57 Å². The number of ether oxygens (including phenoxy) is 4. The number of carbonyl (C=O) groups excluding carboxylic acids is 1. The standard InChI is InChI=1S/C34H34ClN2O5.BrH/c1-21-7-8-22(2)37(21)28-19-34(42-6)32(40-4)17-25(28)15-29-27-18-33(41-5)31(39-3)16-24(27)13-14-36(29)20-30(38)23-9-11-26(35)12-10-23;/h7-14,16-19H,15,20H2,1-6H3;1H/q+1;/p-1. The van der Waals surface area contributed by atoms with Crippen LogP contribution in [0.2, 0.25) is 5.02 Å². The molecule has 0 fully saturated rings. The van der Waals surface area contributed by atoms with Crippen LogP contribution >= 0.6 is 11.6 Å². The third-order valence-corrected chi connectivity index (χ3v) is 7.83. The summed E-state index contributed by atoms with van der Waals surface area (Å²) < 4.78 is 26.9. The fraction of sp³-hybridized carbons (Fsp3) is 0.235. The molecule has 0 amide bonds. The van der Waals surface area contributed by atoms with Crippen LogP contribution in [0.15, 0.2) is 72.9 Å². The smallest absolute Gasteiger partial charge is 0.227 e. The van der Waals surface area contributed by atoms with E-state index in [2.05, 4.69) is 30.5 Å². The quantitative estimate of drug-likeness (QED) is 0.168. The first-order chi connectivity index (χ1) is 20.3. The van der Waals surface area contributed by atoms with Crippen molar-refractivity contribution >= 4 is 28.2 Å². The fourth-order valence-corrected chi connectivity index (χ4v) is 5.54. The molecular formula is C34H34BrClN2O5. The molecule has 2 aromatic heterocycles. The monoisotopic (exact) mass is 664 g/mol. The predicted octanol–water partition coefficient (Wildman–Crippen LogP) is 3.70. The first-order valence-corrected chi connectivity index (χ1v) is 13.9.